The van der Waals surface area contributed by atoms with Crippen LogP contribution in [0.25, 0.3) is 0 Å². The molecule has 70 valence electrons. The lowest BCUT2D eigenvalue weighted by molar-refractivity contribution is -0.255. The van der Waals surface area contributed by atoms with Gasteiger partial charge in [0.2, 0.25) is 0 Å². The van der Waals surface area contributed by atoms with E-state index in [2.05, 4.69) is 0 Å². The number of aliphatic hydroxyl groups is 1. The second kappa shape index (κ2) is 4.05. The van der Waals surface area contributed by atoms with Crippen molar-refractivity contribution < 1.29 is 15.0 Å². The van der Waals surface area contributed by atoms with E-state index < -0.39 is 12.1 Å². The van der Waals surface area contributed by atoms with Crippen molar-refractivity contribution in [1.82, 2.24) is 0 Å². The van der Waals surface area contributed by atoms with Gasteiger partial charge in [0.1, 0.15) is 0 Å². The first-order valence-corrected chi connectivity index (χ1v) is 4.15. The molecule has 3 nitrogen and oxygen atoms in total. The molecule has 0 saturated heterocycles. The molecule has 0 aliphatic carbocycles. The normalized spacial score (nSPS) is 12.5. The highest BCUT2D eigenvalue weighted by molar-refractivity contribution is 5.87. The van der Waals surface area contributed by atoms with E-state index in [1.54, 1.807) is 25.1 Å². The monoisotopic (exact) mass is 179 g/mol. The van der Waals surface area contributed by atoms with Crippen molar-refractivity contribution in [3.63, 3.8) is 0 Å². The molecule has 0 bridgehead atoms. The molecule has 0 saturated carbocycles. The number of hydrogen-bond donors (Lipinski definition) is 1. The first-order chi connectivity index (χ1) is 6.16. The van der Waals surface area contributed by atoms with E-state index in [0.717, 1.165) is 0 Å². The van der Waals surface area contributed by atoms with Gasteiger partial charge in [0.05, 0.1) is 12.1 Å². The largest absolute Gasteiger partial charge is 0.545 e. The highest BCUT2D eigenvalue weighted by Gasteiger charge is 2.09. The molecular formula is C10H11O3-. The Morgan fingerprint density at radius 1 is 1.54 bits per heavy atom. The maximum absolute atomic E-state index is 10.6. The Morgan fingerprint density at radius 3 is 2.69 bits per heavy atom. The van der Waals surface area contributed by atoms with E-state index in [1.807, 2.05) is 0 Å². The molecule has 0 heterocycles. The summed E-state index contributed by atoms with van der Waals surface area (Å²) in [6.07, 6.45) is -0.237. The minimum atomic E-state index is -1.25. The number of carbonyl (C=O) groups excluding carboxylic acids is 1. The molecule has 1 aromatic carbocycles. The van der Waals surface area contributed by atoms with Gasteiger partial charge in [-0.05, 0) is 12.0 Å². The Morgan fingerprint density at radius 2 is 2.15 bits per heavy atom. The molecule has 1 unspecified atom stereocenters. The number of aliphatic hydroxyl groups excluding tert-OH is 1. The zero-order chi connectivity index (χ0) is 9.84. The molecule has 3 heteroatoms. The van der Waals surface area contributed by atoms with Crippen molar-refractivity contribution in [3.05, 3.63) is 35.4 Å². The van der Waals surface area contributed by atoms with E-state index >= 15 is 0 Å². The Labute approximate surface area is 76.6 Å². The molecule has 0 amide bonds. The van der Waals surface area contributed by atoms with E-state index in [9.17, 15) is 15.0 Å². The SMILES string of the molecule is CCC(O)c1ccccc1C(=O)[O-]. The second-order valence-corrected chi connectivity index (χ2v) is 2.80. The highest BCUT2D eigenvalue weighted by atomic mass is 16.4. The van der Waals surface area contributed by atoms with Crippen molar-refractivity contribution in [2.75, 3.05) is 0 Å². The Hall–Kier alpha value is -1.35. The lowest BCUT2D eigenvalue weighted by Crippen LogP contribution is -2.24. The Balaban J connectivity index is 3.11. The number of hydrogen-bond acceptors (Lipinski definition) is 3. The average molecular weight is 179 g/mol. The summed E-state index contributed by atoms with van der Waals surface area (Å²) in [5.74, 6) is -1.25. The number of carboxylic acids is 1. The fourth-order valence-corrected chi connectivity index (χ4v) is 1.19. The molecular weight excluding hydrogens is 168 g/mol. The molecule has 1 rings (SSSR count). The predicted molar refractivity (Wildman–Crippen MR) is 46.0 cm³/mol. The van der Waals surface area contributed by atoms with Crippen molar-refractivity contribution >= 4 is 5.97 Å². The summed E-state index contributed by atoms with van der Waals surface area (Å²) >= 11 is 0. The standard InChI is InChI=1S/C10H12O3/c1-2-9(11)7-5-3-4-6-8(7)10(12)13/h3-6,9,11H,2H2,1H3,(H,12,13)/p-1. The molecule has 0 radical (unpaired) electrons. The summed E-state index contributed by atoms with van der Waals surface area (Å²) in [6, 6.07) is 6.33. The van der Waals surface area contributed by atoms with E-state index in [4.69, 9.17) is 0 Å². The first-order valence-electron chi connectivity index (χ1n) is 4.15. The van der Waals surface area contributed by atoms with Crippen molar-refractivity contribution in [1.29, 1.82) is 0 Å². The van der Waals surface area contributed by atoms with Crippen LogP contribution >= 0.6 is 0 Å². The van der Waals surface area contributed by atoms with Gasteiger partial charge in [0.15, 0.2) is 0 Å². The summed E-state index contributed by atoms with van der Waals surface area (Å²) in [5.41, 5.74) is 0.488. The van der Waals surface area contributed by atoms with Gasteiger partial charge in [-0.25, -0.2) is 0 Å². The quantitative estimate of drug-likeness (QED) is 0.734. The number of rotatable bonds is 3. The van der Waals surface area contributed by atoms with E-state index in [1.165, 1.54) is 6.07 Å². The summed E-state index contributed by atoms with van der Waals surface area (Å²) in [5, 5.41) is 20.1. The third-order valence-corrected chi connectivity index (χ3v) is 1.93. The maximum atomic E-state index is 10.6. The number of carbonyl (C=O) groups is 1. The topological polar surface area (TPSA) is 60.4 Å². The molecule has 1 atom stereocenters. The fourth-order valence-electron chi connectivity index (χ4n) is 1.19. The minimum absolute atomic E-state index is 0.0665. The summed E-state index contributed by atoms with van der Waals surface area (Å²) in [7, 11) is 0. The van der Waals surface area contributed by atoms with Crippen LogP contribution in [-0.4, -0.2) is 11.1 Å². The fraction of sp³-hybridized carbons (Fsp3) is 0.300. The second-order valence-electron chi connectivity index (χ2n) is 2.80. The van der Waals surface area contributed by atoms with E-state index in [-0.39, 0.29) is 5.56 Å². The Kier molecular flexibility index (Phi) is 3.03. The van der Waals surface area contributed by atoms with Gasteiger partial charge in [0, 0.05) is 5.56 Å². The predicted octanol–water partition coefficient (Wildman–Crippen LogP) is 0.494. The van der Waals surface area contributed by atoms with Gasteiger partial charge in [0.25, 0.3) is 0 Å². The third kappa shape index (κ3) is 2.06. The zero-order valence-electron chi connectivity index (χ0n) is 7.36. The van der Waals surface area contributed by atoms with Crippen molar-refractivity contribution in [3.8, 4) is 0 Å². The first kappa shape index (κ1) is 9.74. The number of aromatic carboxylic acids is 1. The molecule has 0 aliphatic rings. The molecule has 1 N–H and O–H groups in total. The number of carboxylic acid groups (broad SMARTS) is 1. The maximum Gasteiger partial charge on any atom is 0.0793 e. The van der Waals surface area contributed by atoms with Gasteiger partial charge in [-0.1, -0.05) is 31.2 Å². The summed E-state index contributed by atoms with van der Waals surface area (Å²) in [4.78, 5) is 10.6. The van der Waals surface area contributed by atoms with Crippen LogP contribution in [0.5, 0.6) is 0 Å². The van der Waals surface area contributed by atoms with Crippen LogP contribution in [0.2, 0.25) is 0 Å². The smallest absolute Gasteiger partial charge is 0.0793 e. The van der Waals surface area contributed by atoms with Gasteiger partial charge >= 0.3 is 0 Å². The molecule has 0 aliphatic heterocycles. The van der Waals surface area contributed by atoms with Gasteiger partial charge in [-0.15, -0.1) is 0 Å². The van der Waals surface area contributed by atoms with Crippen LogP contribution < -0.4 is 5.11 Å². The summed E-state index contributed by atoms with van der Waals surface area (Å²) < 4.78 is 0. The van der Waals surface area contributed by atoms with Crippen LogP contribution in [0, 0.1) is 0 Å². The number of benzene rings is 1. The lowest BCUT2D eigenvalue weighted by Gasteiger charge is -2.13. The molecule has 1 aromatic rings. The van der Waals surface area contributed by atoms with Crippen LogP contribution in [0.4, 0.5) is 0 Å². The van der Waals surface area contributed by atoms with Crippen LogP contribution in [0.1, 0.15) is 35.4 Å². The summed E-state index contributed by atoms with van der Waals surface area (Å²) in [6.45, 7) is 1.79. The van der Waals surface area contributed by atoms with E-state index in [0.29, 0.717) is 12.0 Å². The van der Waals surface area contributed by atoms with Crippen LogP contribution in [-0.2, 0) is 0 Å². The van der Waals surface area contributed by atoms with Gasteiger partial charge in [-0.3, -0.25) is 0 Å². The Bertz CT molecular complexity index is 307. The molecule has 0 spiro atoms. The lowest BCUT2D eigenvalue weighted by atomic mass is 10.0. The zero-order valence-corrected chi connectivity index (χ0v) is 7.36. The molecule has 0 fully saturated rings. The third-order valence-electron chi connectivity index (χ3n) is 1.93. The average Bonchev–Trinajstić information content (AvgIpc) is 2.16. The minimum Gasteiger partial charge on any atom is -0.545 e. The molecule has 0 aromatic heterocycles. The van der Waals surface area contributed by atoms with Crippen molar-refractivity contribution in [2.45, 2.75) is 19.4 Å². The van der Waals surface area contributed by atoms with Gasteiger partial charge in [-0.2, -0.15) is 0 Å². The van der Waals surface area contributed by atoms with Crippen LogP contribution in [0.15, 0.2) is 24.3 Å². The van der Waals surface area contributed by atoms with Crippen molar-refractivity contribution in [2.24, 2.45) is 0 Å². The molecule has 13 heavy (non-hydrogen) atoms. The van der Waals surface area contributed by atoms with Crippen LogP contribution in [0.3, 0.4) is 0 Å². The van der Waals surface area contributed by atoms with Gasteiger partial charge < -0.3 is 15.0 Å². The highest BCUT2D eigenvalue weighted by Crippen LogP contribution is 2.19.